The zero-order chi connectivity index (χ0) is 11.8. The molecule has 0 aliphatic heterocycles. The Balaban J connectivity index is 2.29. The highest BCUT2D eigenvalue weighted by atomic mass is 15.1. The molecular weight excluding hydrogens is 198 g/mol. The van der Waals surface area contributed by atoms with E-state index in [-0.39, 0.29) is 5.92 Å². The van der Waals surface area contributed by atoms with Crippen LogP contribution in [-0.4, -0.2) is 37.6 Å². The van der Waals surface area contributed by atoms with E-state index >= 15 is 0 Å². The third-order valence-electron chi connectivity index (χ3n) is 3.62. The minimum absolute atomic E-state index is 0.231. The van der Waals surface area contributed by atoms with E-state index in [0.29, 0.717) is 6.04 Å². The number of hydrogen-bond acceptors (Lipinski definition) is 3. The average Bonchev–Trinajstić information content (AvgIpc) is 2.53. The number of nitriles is 1. The van der Waals surface area contributed by atoms with Crippen LogP contribution < -0.4 is 5.32 Å². The summed E-state index contributed by atoms with van der Waals surface area (Å²) >= 11 is 0. The van der Waals surface area contributed by atoms with E-state index in [9.17, 15) is 0 Å². The number of likely N-dealkylation sites (N-methyl/N-ethyl adjacent to an activating group) is 1. The molecule has 16 heavy (non-hydrogen) atoms. The topological polar surface area (TPSA) is 39.1 Å². The summed E-state index contributed by atoms with van der Waals surface area (Å²) in [6, 6.07) is 2.90. The molecule has 1 rings (SSSR count). The monoisotopic (exact) mass is 223 g/mol. The van der Waals surface area contributed by atoms with Crippen LogP contribution in [0.3, 0.4) is 0 Å². The SMILES string of the molecule is CCN(C)CCNC1CCCCCC1C#N. The first-order chi connectivity index (χ1) is 7.77. The molecule has 0 saturated heterocycles. The zero-order valence-electron chi connectivity index (χ0n) is 10.7. The molecule has 0 aromatic heterocycles. The molecule has 0 radical (unpaired) electrons. The van der Waals surface area contributed by atoms with E-state index in [1.807, 2.05) is 0 Å². The summed E-state index contributed by atoms with van der Waals surface area (Å²) in [5.41, 5.74) is 0. The lowest BCUT2D eigenvalue weighted by molar-refractivity contribution is 0.320. The Bertz CT molecular complexity index is 222. The van der Waals surface area contributed by atoms with Crippen molar-refractivity contribution < 1.29 is 0 Å². The fourth-order valence-electron chi connectivity index (χ4n) is 2.31. The van der Waals surface area contributed by atoms with Crippen molar-refractivity contribution in [3.05, 3.63) is 0 Å². The molecule has 1 saturated carbocycles. The van der Waals surface area contributed by atoms with Crippen molar-refractivity contribution in [3.8, 4) is 6.07 Å². The van der Waals surface area contributed by atoms with Crippen molar-refractivity contribution in [1.82, 2.24) is 10.2 Å². The molecular formula is C13H25N3. The van der Waals surface area contributed by atoms with E-state index in [4.69, 9.17) is 5.26 Å². The summed E-state index contributed by atoms with van der Waals surface area (Å²) in [5, 5.41) is 12.7. The summed E-state index contributed by atoms with van der Waals surface area (Å²) in [7, 11) is 2.14. The molecule has 1 aliphatic rings. The minimum Gasteiger partial charge on any atom is -0.311 e. The normalized spacial score (nSPS) is 26.4. The second-order valence-electron chi connectivity index (χ2n) is 4.83. The molecule has 2 unspecified atom stereocenters. The fraction of sp³-hybridized carbons (Fsp3) is 0.923. The van der Waals surface area contributed by atoms with Gasteiger partial charge < -0.3 is 10.2 Å². The van der Waals surface area contributed by atoms with Crippen LogP contribution in [0.15, 0.2) is 0 Å². The van der Waals surface area contributed by atoms with Crippen LogP contribution in [0.5, 0.6) is 0 Å². The summed E-state index contributed by atoms with van der Waals surface area (Å²) < 4.78 is 0. The Labute approximate surface area is 99.8 Å². The quantitative estimate of drug-likeness (QED) is 0.725. The van der Waals surface area contributed by atoms with Crippen molar-refractivity contribution in [1.29, 1.82) is 5.26 Å². The Morgan fingerprint density at radius 3 is 2.75 bits per heavy atom. The Kier molecular flexibility index (Phi) is 6.44. The molecule has 1 aliphatic carbocycles. The van der Waals surface area contributed by atoms with E-state index in [2.05, 4.69) is 30.3 Å². The van der Waals surface area contributed by atoms with E-state index in [1.54, 1.807) is 0 Å². The lowest BCUT2D eigenvalue weighted by Crippen LogP contribution is -2.39. The van der Waals surface area contributed by atoms with Gasteiger partial charge in [-0.05, 0) is 26.4 Å². The Morgan fingerprint density at radius 1 is 1.31 bits per heavy atom. The van der Waals surface area contributed by atoms with Crippen LogP contribution in [0, 0.1) is 17.2 Å². The van der Waals surface area contributed by atoms with E-state index in [1.165, 1.54) is 25.7 Å². The van der Waals surface area contributed by atoms with Crippen molar-refractivity contribution in [3.63, 3.8) is 0 Å². The van der Waals surface area contributed by atoms with Gasteiger partial charge in [0.05, 0.1) is 12.0 Å². The van der Waals surface area contributed by atoms with Gasteiger partial charge in [-0.15, -0.1) is 0 Å². The fourth-order valence-corrected chi connectivity index (χ4v) is 2.31. The number of nitrogens with zero attached hydrogens (tertiary/aromatic N) is 2. The third-order valence-corrected chi connectivity index (χ3v) is 3.62. The van der Waals surface area contributed by atoms with Crippen molar-refractivity contribution in [2.45, 2.75) is 45.1 Å². The molecule has 0 spiro atoms. The zero-order valence-corrected chi connectivity index (χ0v) is 10.7. The van der Waals surface area contributed by atoms with E-state index < -0.39 is 0 Å². The van der Waals surface area contributed by atoms with Crippen LogP contribution in [0.4, 0.5) is 0 Å². The van der Waals surface area contributed by atoms with Gasteiger partial charge in [0.25, 0.3) is 0 Å². The van der Waals surface area contributed by atoms with Gasteiger partial charge in [0, 0.05) is 19.1 Å². The molecule has 2 atom stereocenters. The van der Waals surface area contributed by atoms with Crippen LogP contribution in [0.1, 0.15) is 39.0 Å². The standard InChI is InChI=1S/C13H25N3/c1-3-16(2)10-9-15-13-8-6-4-5-7-12(13)11-14/h12-13,15H,3-10H2,1-2H3. The van der Waals surface area contributed by atoms with Gasteiger partial charge in [-0.2, -0.15) is 5.26 Å². The molecule has 1 fully saturated rings. The van der Waals surface area contributed by atoms with Gasteiger partial charge in [0.15, 0.2) is 0 Å². The van der Waals surface area contributed by atoms with Gasteiger partial charge in [0.1, 0.15) is 0 Å². The first kappa shape index (κ1) is 13.5. The largest absolute Gasteiger partial charge is 0.311 e. The lowest BCUT2D eigenvalue weighted by atomic mass is 9.96. The van der Waals surface area contributed by atoms with Crippen LogP contribution in [0.2, 0.25) is 0 Å². The van der Waals surface area contributed by atoms with Crippen molar-refractivity contribution in [2.75, 3.05) is 26.7 Å². The Morgan fingerprint density at radius 2 is 2.06 bits per heavy atom. The lowest BCUT2D eigenvalue weighted by Gasteiger charge is -2.22. The summed E-state index contributed by atoms with van der Waals surface area (Å²) in [6.45, 7) is 5.34. The third kappa shape index (κ3) is 4.51. The molecule has 3 nitrogen and oxygen atoms in total. The maximum Gasteiger partial charge on any atom is 0.0672 e. The van der Waals surface area contributed by atoms with Crippen LogP contribution in [0.25, 0.3) is 0 Å². The smallest absolute Gasteiger partial charge is 0.0672 e. The molecule has 0 heterocycles. The highest BCUT2D eigenvalue weighted by Gasteiger charge is 2.22. The van der Waals surface area contributed by atoms with Gasteiger partial charge in [-0.25, -0.2) is 0 Å². The molecule has 92 valence electrons. The summed E-state index contributed by atoms with van der Waals surface area (Å²) in [6.07, 6.45) is 6.06. The van der Waals surface area contributed by atoms with Gasteiger partial charge >= 0.3 is 0 Å². The first-order valence-electron chi connectivity index (χ1n) is 6.59. The second-order valence-corrected chi connectivity index (χ2v) is 4.83. The number of nitrogens with one attached hydrogen (secondary N) is 1. The summed E-state index contributed by atoms with van der Waals surface area (Å²) in [4.78, 5) is 2.30. The maximum atomic E-state index is 9.14. The predicted octanol–water partition coefficient (Wildman–Crippen LogP) is 2.00. The minimum atomic E-state index is 0.231. The van der Waals surface area contributed by atoms with Gasteiger partial charge in [-0.3, -0.25) is 0 Å². The van der Waals surface area contributed by atoms with Crippen LogP contribution >= 0.6 is 0 Å². The highest BCUT2D eigenvalue weighted by molar-refractivity contribution is 4.93. The maximum absolute atomic E-state index is 9.14. The van der Waals surface area contributed by atoms with E-state index in [0.717, 1.165) is 26.1 Å². The molecule has 3 heteroatoms. The number of rotatable bonds is 5. The molecule has 1 N–H and O–H groups in total. The molecule has 0 bridgehead atoms. The first-order valence-corrected chi connectivity index (χ1v) is 6.59. The van der Waals surface area contributed by atoms with Crippen molar-refractivity contribution in [2.24, 2.45) is 5.92 Å². The summed E-state index contributed by atoms with van der Waals surface area (Å²) in [5.74, 6) is 0.231. The number of hydrogen-bond donors (Lipinski definition) is 1. The molecule has 0 amide bonds. The molecule has 0 aromatic carbocycles. The van der Waals surface area contributed by atoms with Crippen LogP contribution in [-0.2, 0) is 0 Å². The van der Waals surface area contributed by atoms with Crippen molar-refractivity contribution >= 4 is 0 Å². The molecule has 0 aromatic rings. The average molecular weight is 223 g/mol. The van der Waals surface area contributed by atoms with Gasteiger partial charge in [0.2, 0.25) is 0 Å². The second kappa shape index (κ2) is 7.65. The Hall–Kier alpha value is -0.590. The predicted molar refractivity (Wildman–Crippen MR) is 67.1 cm³/mol. The highest BCUT2D eigenvalue weighted by Crippen LogP contribution is 2.22. The van der Waals surface area contributed by atoms with Gasteiger partial charge in [-0.1, -0.05) is 26.2 Å².